The standard InChI is InChI=1S/C18H18N8O/c1-25-10-12(9-21-25)22-18-20-6-4-15(24-18)14-2-3-17(16(8-19)23-14)26-7-5-13(27)11-26/h2-4,6,9-10,13,27H,5,7,11H2,1H3,(H,20,22,24). The molecule has 27 heavy (non-hydrogen) atoms. The smallest absolute Gasteiger partial charge is 0.227 e. The fraction of sp³-hybridized carbons (Fsp3) is 0.278. The van der Waals surface area contributed by atoms with E-state index >= 15 is 0 Å². The minimum absolute atomic E-state index is 0.321. The number of nitriles is 1. The normalized spacial score (nSPS) is 16.3. The van der Waals surface area contributed by atoms with Gasteiger partial charge in [-0.25, -0.2) is 15.0 Å². The lowest BCUT2D eigenvalue weighted by Crippen LogP contribution is -2.22. The number of hydrogen-bond donors (Lipinski definition) is 2. The third-order valence-electron chi connectivity index (χ3n) is 4.36. The van der Waals surface area contributed by atoms with Crippen molar-refractivity contribution in [3.8, 4) is 17.5 Å². The first-order chi connectivity index (χ1) is 13.1. The van der Waals surface area contributed by atoms with Crippen LogP contribution in [0.5, 0.6) is 0 Å². The van der Waals surface area contributed by atoms with Crippen LogP contribution in [0.1, 0.15) is 12.1 Å². The van der Waals surface area contributed by atoms with Gasteiger partial charge in [0.25, 0.3) is 0 Å². The van der Waals surface area contributed by atoms with E-state index in [0.717, 1.165) is 11.4 Å². The molecule has 9 nitrogen and oxygen atoms in total. The third-order valence-corrected chi connectivity index (χ3v) is 4.36. The SMILES string of the molecule is Cn1cc(Nc2nccc(-c3ccc(N4CCC(O)C4)c(C#N)n3)n2)cn1. The van der Waals surface area contributed by atoms with Crippen molar-refractivity contribution >= 4 is 17.3 Å². The quantitative estimate of drug-likeness (QED) is 0.716. The summed E-state index contributed by atoms with van der Waals surface area (Å²) in [5.74, 6) is 0.424. The second kappa shape index (κ2) is 7.01. The molecule has 0 aromatic carbocycles. The molecular formula is C18H18N8O. The topological polar surface area (TPSA) is 116 Å². The molecule has 2 N–H and O–H groups in total. The van der Waals surface area contributed by atoms with Gasteiger partial charge in [-0.3, -0.25) is 4.68 Å². The number of aryl methyl sites for hydroxylation is 1. The van der Waals surface area contributed by atoms with Gasteiger partial charge in [-0.1, -0.05) is 0 Å². The lowest BCUT2D eigenvalue weighted by Gasteiger charge is -2.19. The zero-order chi connectivity index (χ0) is 18.8. The number of rotatable bonds is 4. The molecule has 0 bridgehead atoms. The van der Waals surface area contributed by atoms with Gasteiger partial charge < -0.3 is 15.3 Å². The molecule has 0 spiro atoms. The van der Waals surface area contributed by atoms with Crippen LogP contribution in [0.3, 0.4) is 0 Å². The molecule has 1 aliphatic heterocycles. The highest BCUT2D eigenvalue weighted by Gasteiger charge is 2.23. The van der Waals surface area contributed by atoms with Gasteiger partial charge >= 0.3 is 0 Å². The molecule has 1 atom stereocenters. The Morgan fingerprint density at radius 1 is 1.26 bits per heavy atom. The minimum atomic E-state index is -0.362. The lowest BCUT2D eigenvalue weighted by molar-refractivity contribution is 0.198. The van der Waals surface area contributed by atoms with Crippen LogP contribution >= 0.6 is 0 Å². The molecule has 3 aromatic heterocycles. The molecule has 3 aromatic rings. The molecule has 0 aliphatic carbocycles. The Kier molecular flexibility index (Phi) is 4.40. The number of aliphatic hydroxyl groups excluding tert-OH is 1. The summed E-state index contributed by atoms with van der Waals surface area (Å²) in [5.41, 5.74) is 3.04. The van der Waals surface area contributed by atoms with Gasteiger partial charge in [0.15, 0.2) is 5.69 Å². The molecule has 1 fully saturated rings. The number of β-amino-alcohol motifs (C(OH)–C–C–N with tert-alkyl or cyclic N) is 1. The molecule has 4 heterocycles. The van der Waals surface area contributed by atoms with Crippen LogP contribution in [0.25, 0.3) is 11.4 Å². The Hall–Kier alpha value is -3.51. The van der Waals surface area contributed by atoms with Crippen molar-refractivity contribution in [3.05, 3.63) is 42.5 Å². The Balaban J connectivity index is 1.61. The average molecular weight is 362 g/mol. The van der Waals surface area contributed by atoms with Crippen LogP contribution in [-0.4, -0.2) is 49.0 Å². The van der Waals surface area contributed by atoms with Gasteiger partial charge in [-0.15, -0.1) is 0 Å². The third kappa shape index (κ3) is 3.56. The van der Waals surface area contributed by atoms with Crippen LogP contribution in [0.4, 0.5) is 17.3 Å². The van der Waals surface area contributed by atoms with Crippen molar-refractivity contribution in [2.75, 3.05) is 23.3 Å². The predicted molar refractivity (Wildman–Crippen MR) is 99.3 cm³/mol. The van der Waals surface area contributed by atoms with E-state index in [1.54, 1.807) is 23.1 Å². The Bertz CT molecular complexity index is 1010. The van der Waals surface area contributed by atoms with Crippen molar-refractivity contribution in [1.29, 1.82) is 5.26 Å². The number of nitrogens with one attached hydrogen (secondary N) is 1. The average Bonchev–Trinajstić information content (AvgIpc) is 3.29. The molecule has 0 saturated carbocycles. The van der Waals surface area contributed by atoms with Crippen molar-refractivity contribution < 1.29 is 5.11 Å². The minimum Gasteiger partial charge on any atom is -0.391 e. The Labute approximate surface area is 155 Å². The van der Waals surface area contributed by atoms with E-state index in [2.05, 4.69) is 31.4 Å². The van der Waals surface area contributed by atoms with Crippen molar-refractivity contribution in [2.24, 2.45) is 7.05 Å². The van der Waals surface area contributed by atoms with E-state index in [9.17, 15) is 10.4 Å². The molecule has 136 valence electrons. The summed E-state index contributed by atoms with van der Waals surface area (Å²) in [4.78, 5) is 15.1. The van der Waals surface area contributed by atoms with Gasteiger partial charge in [-0.05, 0) is 24.6 Å². The number of hydrogen-bond acceptors (Lipinski definition) is 8. The number of aliphatic hydroxyl groups is 1. The van der Waals surface area contributed by atoms with Gasteiger partial charge in [0.2, 0.25) is 5.95 Å². The largest absolute Gasteiger partial charge is 0.391 e. The van der Waals surface area contributed by atoms with Crippen LogP contribution < -0.4 is 10.2 Å². The van der Waals surface area contributed by atoms with Crippen molar-refractivity contribution in [3.63, 3.8) is 0 Å². The summed E-state index contributed by atoms with van der Waals surface area (Å²) >= 11 is 0. The summed E-state index contributed by atoms with van der Waals surface area (Å²) in [6, 6.07) is 7.58. The van der Waals surface area contributed by atoms with E-state index in [0.29, 0.717) is 42.5 Å². The van der Waals surface area contributed by atoms with E-state index in [1.807, 2.05) is 30.3 Å². The first-order valence-electron chi connectivity index (χ1n) is 8.55. The maximum Gasteiger partial charge on any atom is 0.227 e. The number of pyridine rings is 1. The molecule has 0 radical (unpaired) electrons. The molecule has 0 amide bonds. The first-order valence-corrected chi connectivity index (χ1v) is 8.55. The highest BCUT2D eigenvalue weighted by molar-refractivity contribution is 5.65. The van der Waals surface area contributed by atoms with Gasteiger partial charge in [0.05, 0.1) is 35.1 Å². The highest BCUT2D eigenvalue weighted by Crippen LogP contribution is 2.26. The summed E-state index contributed by atoms with van der Waals surface area (Å²) in [7, 11) is 1.83. The Morgan fingerprint density at radius 2 is 2.11 bits per heavy atom. The van der Waals surface area contributed by atoms with E-state index in [-0.39, 0.29) is 6.10 Å². The molecule has 1 aliphatic rings. The van der Waals surface area contributed by atoms with Crippen LogP contribution in [0, 0.1) is 11.3 Å². The number of aromatic nitrogens is 5. The number of anilines is 3. The lowest BCUT2D eigenvalue weighted by atomic mass is 10.2. The maximum atomic E-state index is 9.74. The van der Waals surface area contributed by atoms with Crippen LogP contribution in [0.15, 0.2) is 36.8 Å². The Morgan fingerprint density at radius 3 is 2.81 bits per heavy atom. The van der Waals surface area contributed by atoms with E-state index < -0.39 is 0 Å². The molecule has 4 rings (SSSR count). The highest BCUT2D eigenvalue weighted by atomic mass is 16.3. The monoisotopic (exact) mass is 362 g/mol. The summed E-state index contributed by atoms with van der Waals surface area (Å²) in [6.45, 7) is 1.23. The van der Waals surface area contributed by atoms with Gasteiger partial charge in [0.1, 0.15) is 6.07 Å². The summed E-state index contributed by atoms with van der Waals surface area (Å²) in [6.07, 6.45) is 5.48. The second-order valence-corrected chi connectivity index (χ2v) is 6.36. The zero-order valence-electron chi connectivity index (χ0n) is 14.7. The summed E-state index contributed by atoms with van der Waals surface area (Å²) < 4.78 is 1.68. The predicted octanol–water partition coefficient (Wildman–Crippen LogP) is 1.46. The zero-order valence-corrected chi connectivity index (χ0v) is 14.7. The first kappa shape index (κ1) is 16.9. The van der Waals surface area contributed by atoms with Gasteiger partial charge in [-0.2, -0.15) is 10.4 Å². The molecular weight excluding hydrogens is 344 g/mol. The molecule has 1 unspecified atom stereocenters. The fourth-order valence-corrected chi connectivity index (χ4v) is 3.07. The molecule has 1 saturated heterocycles. The van der Waals surface area contributed by atoms with Crippen molar-refractivity contribution in [2.45, 2.75) is 12.5 Å². The maximum absolute atomic E-state index is 9.74. The number of nitrogens with zero attached hydrogens (tertiary/aromatic N) is 7. The summed E-state index contributed by atoms with van der Waals surface area (Å²) in [5, 5.41) is 26.4. The van der Waals surface area contributed by atoms with Crippen LogP contribution in [-0.2, 0) is 7.05 Å². The fourth-order valence-electron chi connectivity index (χ4n) is 3.07. The van der Waals surface area contributed by atoms with Crippen molar-refractivity contribution in [1.82, 2.24) is 24.7 Å². The van der Waals surface area contributed by atoms with Crippen LogP contribution in [0.2, 0.25) is 0 Å². The van der Waals surface area contributed by atoms with Gasteiger partial charge in [0, 0.05) is 32.5 Å². The van der Waals surface area contributed by atoms with E-state index in [1.165, 1.54) is 0 Å². The second-order valence-electron chi connectivity index (χ2n) is 6.36. The van der Waals surface area contributed by atoms with E-state index in [4.69, 9.17) is 0 Å². The molecule has 9 heteroatoms.